The number of unbranched alkanes of at least 4 members (excludes halogenated alkanes) is 6. The predicted octanol–water partition coefficient (Wildman–Crippen LogP) is 5.14. The first-order valence-corrected chi connectivity index (χ1v) is 9.06. The van der Waals surface area contributed by atoms with Crippen LogP contribution in [0.5, 0.6) is 0 Å². The molecule has 2 atom stereocenters. The lowest BCUT2D eigenvalue weighted by Crippen LogP contribution is -2.13. The molecule has 0 heterocycles. The van der Waals surface area contributed by atoms with Gasteiger partial charge in [-0.2, -0.15) is 0 Å². The van der Waals surface area contributed by atoms with Crippen molar-refractivity contribution < 1.29 is 14.7 Å². The standard InChI is InChI=1S/C19H32O3/c1-2-3-4-8-11-16-14-15-18(20)17(16)12-9-6-5-7-10-13-19(21)22/h8,11,16-17H,2-7,9-10,12-15H2,1H3,(H,21,22)/t16-,17+/m1/s1. The van der Waals surface area contributed by atoms with Crippen LogP contribution >= 0.6 is 0 Å². The Balaban J connectivity index is 2.17. The summed E-state index contributed by atoms with van der Waals surface area (Å²) in [6, 6.07) is 0. The van der Waals surface area contributed by atoms with Crippen LogP contribution in [0, 0.1) is 11.8 Å². The molecule has 1 aliphatic rings. The van der Waals surface area contributed by atoms with Crippen molar-refractivity contribution in [3.05, 3.63) is 12.2 Å². The summed E-state index contributed by atoms with van der Waals surface area (Å²) >= 11 is 0. The minimum Gasteiger partial charge on any atom is -0.481 e. The van der Waals surface area contributed by atoms with E-state index in [9.17, 15) is 9.59 Å². The Labute approximate surface area is 135 Å². The molecule has 22 heavy (non-hydrogen) atoms. The van der Waals surface area contributed by atoms with Crippen LogP contribution in [0.4, 0.5) is 0 Å². The summed E-state index contributed by atoms with van der Waals surface area (Å²) in [4.78, 5) is 22.4. The van der Waals surface area contributed by atoms with Gasteiger partial charge in [0.2, 0.25) is 0 Å². The molecule has 0 spiro atoms. The molecule has 1 fully saturated rings. The molecular weight excluding hydrogens is 276 g/mol. The average molecular weight is 308 g/mol. The van der Waals surface area contributed by atoms with E-state index in [2.05, 4.69) is 19.1 Å². The van der Waals surface area contributed by atoms with Gasteiger partial charge in [-0.15, -0.1) is 0 Å². The van der Waals surface area contributed by atoms with Crippen molar-refractivity contribution in [2.75, 3.05) is 0 Å². The van der Waals surface area contributed by atoms with Gasteiger partial charge in [-0.05, 0) is 31.6 Å². The molecule has 0 radical (unpaired) electrons. The fourth-order valence-electron chi connectivity index (χ4n) is 3.30. The third-order valence-electron chi connectivity index (χ3n) is 4.67. The van der Waals surface area contributed by atoms with E-state index in [1.54, 1.807) is 0 Å². The fourth-order valence-corrected chi connectivity index (χ4v) is 3.30. The van der Waals surface area contributed by atoms with Crippen LogP contribution in [0.15, 0.2) is 12.2 Å². The zero-order chi connectivity index (χ0) is 16.2. The summed E-state index contributed by atoms with van der Waals surface area (Å²) in [5, 5.41) is 8.58. The number of allylic oxidation sites excluding steroid dienone is 2. The third kappa shape index (κ3) is 7.77. The largest absolute Gasteiger partial charge is 0.481 e. The molecule has 0 aliphatic heterocycles. The highest BCUT2D eigenvalue weighted by atomic mass is 16.4. The third-order valence-corrected chi connectivity index (χ3v) is 4.67. The van der Waals surface area contributed by atoms with Crippen LogP contribution in [0.3, 0.4) is 0 Å². The van der Waals surface area contributed by atoms with Crippen molar-refractivity contribution in [3.63, 3.8) is 0 Å². The van der Waals surface area contributed by atoms with Crippen LogP contribution in [0.25, 0.3) is 0 Å². The number of carbonyl (C=O) groups is 2. The normalized spacial score (nSPS) is 21.8. The second-order valence-corrected chi connectivity index (χ2v) is 6.55. The second kappa shape index (κ2) is 11.4. The molecule has 0 unspecified atom stereocenters. The lowest BCUT2D eigenvalue weighted by atomic mass is 9.89. The van der Waals surface area contributed by atoms with Gasteiger partial charge in [0.1, 0.15) is 5.78 Å². The molecule has 1 saturated carbocycles. The van der Waals surface area contributed by atoms with E-state index in [0.29, 0.717) is 11.7 Å². The predicted molar refractivity (Wildman–Crippen MR) is 89.8 cm³/mol. The number of carboxylic acids is 1. The van der Waals surface area contributed by atoms with Crippen molar-refractivity contribution in [3.8, 4) is 0 Å². The highest BCUT2D eigenvalue weighted by Gasteiger charge is 2.31. The van der Waals surface area contributed by atoms with Gasteiger partial charge in [0.05, 0.1) is 0 Å². The Morgan fingerprint density at radius 3 is 2.64 bits per heavy atom. The number of aliphatic carboxylic acids is 1. The number of carboxylic acid groups (broad SMARTS) is 1. The van der Waals surface area contributed by atoms with Crippen LogP contribution in [0.1, 0.15) is 84.0 Å². The number of ketones is 1. The molecule has 3 nitrogen and oxygen atoms in total. The van der Waals surface area contributed by atoms with Gasteiger partial charge in [-0.25, -0.2) is 0 Å². The first-order chi connectivity index (χ1) is 10.6. The van der Waals surface area contributed by atoms with E-state index >= 15 is 0 Å². The number of rotatable bonds is 12. The smallest absolute Gasteiger partial charge is 0.303 e. The molecule has 0 aromatic rings. The molecule has 0 aromatic carbocycles. The maximum Gasteiger partial charge on any atom is 0.303 e. The summed E-state index contributed by atoms with van der Waals surface area (Å²) in [5.41, 5.74) is 0. The lowest BCUT2D eigenvalue weighted by Gasteiger charge is -2.14. The Morgan fingerprint density at radius 2 is 1.91 bits per heavy atom. The zero-order valence-electron chi connectivity index (χ0n) is 14.1. The molecule has 1 N–H and O–H groups in total. The second-order valence-electron chi connectivity index (χ2n) is 6.55. The molecule has 0 amide bonds. The van der Waals surface area contributed by atoms with Crippen molar-refractivity contribution in [1.82, 2.24) is 0 Å². The van der Waals surface area contributed by atoms with E-state index in [1.165, 1.54) is 12.8 Å². The molecule has 0 saturated heterocycles. The Kier molecular flexibility index (Phi) is 9.85. The van der Waals surface area contributed by atoms with Gasteiger partial charge in [0.25, 0.3) is 0 Å². The SMILES string of the molecule is CCCCC=C[C@@H]1CCC(=O)[C@H]1CCCCCCCC(=O)O. The van der Waals surface area contributed by atoms with Gasteiger partial charge in [-0.1, -0.05) is 57.6 Å². The van der Waals surface area contributed by atoms with E-state index in [-0.39, 0.29) is 12.3 Å². The minimum atomic E-state index is -0.700. The summed E-state index contributed by atoms with van der Waals surface area (Å²) < 4.78 is 0. The molecular formula is C19H32O3. The minimum absolute atomic E-state index is 0.247. The lowest BCUT2D eigenvalue weighted by molar-refractivity contribution is -0.137. The monoisotopic (exact) mass is 308 g/mol. The zero-order valence-corrected chi connectivity index (χ0v) is 14.1. The Hall–Kier alpha value is -1.12. The summed E-state index contributed by atoms with van der Waals surface area (Å²) in [7, 11) is 0. The molecule has 1 aliphatic carbocycles. The van der Waals surface area contributed by atoms with Crippen LogP contribution in [-0.4, -0.2) is 16.9 Å². The molecule has 126 valence electrons. The van der Waals surface area contributed by atoms with Gasteiger partial charge < -0.3 is 5.11 Å². The van der Waals surface area contributed by atoms with E-state index in [4.69, 9.17) is 5.11 Å². The van der Waals surface area contributed by atoms with Crippen LogP contribution in [-0.2, 0) is 9.59 Å². The first-order valence-electron chi connectivity index (χ1n) is 9.06. The summed E-state index contributed by atoms with van der Waals surface area (Å²) in [6.07, 6.45) is 16.3. The van der Waals surface area contributed by atoms with Gasteiger partial charge in [0.15, 0.2) is 0 Å². The van der Waals surface area contributed by atoms with Gasteiger partial charge in [0, 0.05) is 18.8 Å². The quantitative estimate of drug-likeness (QED) is 0.401. The summed E-state index contributed by atoms with van der Waals surface area (Å²) in [5.74, 6) is 0.471. The van der Waals surface area contributed by atoms with Crippen LogP contribution in [0.2, 0.25) is 0 Å². The maximum atomic E-state index is 12.0. The molecule has 1 rings (SSSR count). The number of carbonyl (C=O) groups excluding carboxylic acids is 1. The average Bonchev–Trinajstić information content (AvgIpc) is 2.83. The Morgan fingerprint density at radius 1 is 1.18 bits per heavy atom. The molecule has 0 aromatic heterocycles. The number of hydrogen-bond acceptors (Lipinski definition) is 2. The van der Waals surface area contributed by atoms with E-state index in [1.807, 2.05) is 0 Å². The number of Topliss-reactive ketones (excluding diaryl/α,β-unsaturated/α-hetero) is 1. The first kappa shape index (κ1) is 18.9. The van der Waals surface area contributed by atoms with Crippen molar-refractivity contribution in [1.29, 1.82) is 0 Å². The van der Waals surface area contributed by atoms with Crippen molar-refractivity contribution >= 4 is 11.8 Å². The molecule has 0 bridgehead atoms. The highest BCUT2D eigenvalue weighted by molar-refractivity contribution is 5.83. The Bertz CT molecular complexity index is 360. The van der Waals surface area contributed by atoms with Gasteiger partial charge >= 0.3 is 5.97 Å². The van der Waals surface area contributed by atoms with Crippen LogP contribution < -0.4 is 0 Å². The molecule has 3 heteroatoms. The maximum absolute atomic E-state index is 12.0. The topological polar surface area (TPSA) is 54.4 Å². The van der Waals surface area contributed by atoms with Crippen molar-refractivity contribution in [2.45, 2.75) is 84.0 Å². The number of hydrogen-bond donors (Lipinski definition) is 1. The van der Waals surface area contributed by atoms with E-state index in [0.717, 1.165) is 57.8 Å². The summed E-state index contributed by atoms with van der Waals surface area (Å²) in [6.45, 7) is 2.20. The van der Waals surface area contributed by atoms with Crippen molar-refractivity contribution in [2.24, 2.45) is 11.8 Å². The fraction of sp³-hybridized carbons (Fsp3) is 0.789. The van der Waals surface area contributed by atoms with E-state index < -0.39 is 5.97 Å². The highest BCUT2D eigenvalue weighted by Crippen LogP contribution is 2.34. The van der Waals surface area contributed by atoms with Gasteiger partial charge in [-0.3, -0.25) is 9.59 Å².